The molecule has 8 rings (SSSR count). The number of piperazine rings is 1. The molecule has 12 nitrogen and oxygen atoms in total. The van der Waals surface area contributed by atoms with Crippen LogP contribution in [0, 0.1) is 5.41 Å². The van der Waals surface area contributed by atoms with Gasteiger partial charge in [-0.25, -0.2) is 10.4 Å². The van der Waals surface area contributed by atoms with Crippen molar-refractivity contribution in [3.05, 3.63) is 51.6 Å². The molecule has 1 aromatic carbocycles. The summed E-state index contributed by atoms with van der Waals surface area (Å²) in [6.07, 6.45) is 1.03. The molecule has 57 heavy (non-hydrogen) atoms. The lowest BCUT2D eigenvalue weighted by Crippen LogP contribution is -2.59. The highest BCUT2D eigenvalue weighted by Crippen LogP contribution is 2.45. The largest absolute Gasteiger partial charge is 0.464 e. The Hall–Kier alpha value is -4.09. The van der Waals surface area contributed by atoms with Crippen molar-refractivity contribution in [2.24, 2.45) is 11.1 Å². The van der Waals surface area contributed by atoms with Gasteiger partial charge in [0, 0.05) is 80.1 Å². The molecule has 3 N–H and O–H groups in total. The lowest BCUT2D eigenvalue weighted by Gasteiger charge is -2.36. The molecular weight excluding hydrogens is 758 g/mol. The number of esters is 1. The molecule has 16 heteroatoms. The van der Waals surface area contributed by atoms with E-state index in [0.717, 1.165) is 74.8 Å². The number of halogens is 3. The molecule has 306 valence electrons. The highest BCUT2D eigenvalue weighted by atomic mass is 32.1. The summed E-state index contributed by atoms with van der Waals surface area (Å²) in [4.78, 5) is 40.6. The number of hydrogen-bond donors (Lipinski definition) is 2. The molecule has 4 aliphatic heterocycles. The third-order valence-electron chi connectivity index (χ3n) is 11.8. The zero-order valence-corrected chi connectivity index (χ0v) is 33.8. The van der Waals surface area contributed by atoms with E-state index < -0.39 is 36.2 Å². The Morgan fingerprint density at radius 1 is 1.11 bits per heavy atom. The van der Waals surface area contributed by atoms with Gasteiger partial charge in [0.05, 0.1) is 64.8 Å². The van der Waals surface area contributed by atoms with Crippen molar-refractivity contribution in [2.75, 3.05) is 57.9 Å². The van der Waals surface area contributed by atoms with Crippen LogP contribution < -0.4 is 16.1 Å². The minimum absolute atomic E-state index is 0.146. The molecule has 6 bridgehead atoms. The second kappa shape index (κ2) is 15.6. The number of nitrogens with zero attached hydrogens (tertiary/aromatic N) is 6. The van der Waals surface area contributed by atoms with Crippen LogP contribution in [0.25, 0.3) is 33.4 Å². The number of thiazole rings is 1. The fourth-order valence-corrected chi connectivity index (χ4v) is 9.69. The molecule has 0 unspecified atom stereocenters. The molecular formula is C41H51F3N8O4S. The summed E-state index contributed by atoms with van der Waals surface area (Å²) in [6, 6.07) is 5.08. The highest BCUT2D eigenvalue weighted by molar-refractivity contribution is 7.10. The molecule has 4 aliphatic rings. The Labute approximate surface area is 334 Å². The van der Waals surface area contributed by atoms with Crippen LogP contribution in [0.4, 0.5) is 18.9 Å². The third kappa shape index (κ3) is 8.16. The van der Waals surface area contributed by atoms with Gasteiger partial charge in [-0.3, -0.25) is 24.5 Å². The lowest BCUT2D eigenvalue weighted by atomic mass is 9.84. The third-order valence-corrected chi connectivity index (χ3v) is 12.6. The Morgan fingerprint density at radius 3 is 2.65 bits per heavy atom. The number of amides is 1. The van der Waals surface area contributed by atoms with Gasteiger partial charge in [-0.1, -0.05) is 13.8 Å². The maximum atomic E-state index is 13.6. The number of rotatable bonds is 5. The van der Waals surface area contributed by atoms with Gasteiger partial charge in [0.25, 0.3) is 5.91 Å². The maximum absolute atomic E-state index is 13.6. The molecule has 3 aromatic heterocycles. The van der Waals surface area contributed by atoms with Crippen molar-refractivity contribution in [3.63, 3.8) is 0 Å². The van der Waals surface area contributed by atoms with Gasteiger partial charge in [-0.2, -0.15) is 13.2 Å². The van der Waals surface area contributed by atoms with E-state index in [4.69, 9.17) is 25.2 Å². The summed E-state index contributed by atoms with van der Waals surface area (Å²) >= 11 is 1.48. The van der Waals surface area contributed by atoms with E-state index in [1.807, 2.05) is 18.5 Å². The van der Waals surface area contributed by atoms with Gasteiger partial charge in [0.15, 0.2) is 0 Å². The first kappa shape index (κ1) is 39.7. The van der Waals surface area contributed by atoms with Crippen LogP contribution in [0.1, 0.15) is 68.0 Å². The molecule has 0 spiro atoms. The van der Waals surface area contributed by atoms with Crippen molar-refractivity contribution in [2.45, 2.75) is 90.2 Å². The smallest absolute Gasteiger partial charge is 0.401 e. The summed E-state index contributed by atoms with van der Waals surface area (Å²) in [6.45, 7) is 8.11. The standard InChI is InChI=1S/C41H51F3N8O4S/c1-24(55-4)35-29(17-27(20-46-35)50-13-11-49(12-14-50)22-41(42,43)44)37-30-19-40(2,3)23-56-39(54)32-8-6-10-52(48-32)38(53)31(45)18-34-47-33(21-57-34)26-15-25-7-5-9-51(37)36(25)28(30)16-26/h15-17,20-21,24,31-32,48H,5-14,18-19,22-23,45H2,1-4H3/t24-,31-,32-/m0/s1. The monoisotopic (exact) mass is 808 g/mol. The number of alkyl halides is 3. The molecule has 2 saturated heterocycles. The van der Waals surface area contributed by atoms with E-state index in [0.29, 0.717) is 52.0 Å². The van der Waals surface area contributed by atoms with Crippen LogP contribution >= 0.6 is 11.3 Å². The summed E-state index contributed by atoms with van der Waals surface area (Å²) in [5.41, 5.74) is 17.8. The molecule has 0 saturated carbocycles. The first-order valence-electron chi connectivity index (χ1n) is 19.9. The number of aromatic nitrogens is 3. The number of benzene rings is 1. The SMILES string of the molecule is CO[C@@H](C)c1ncc(N2CCN(CC(F)(F)F)CC2)cc1-c1c2c3cc(cc4c3n1CCC4)-c1csc(n1)C[C@H](N)C(=O)N1CCC[C@H](N1)C(=O)OCC(C)(C)C2. The number of aryl methyl sites for hydroxylation is 2. The molecule has 4 aromatic rings. The summed E-state index contributed by atoms with van der Waals surface area (Å²) in [5, 5.41) is 5.34. The Kier molecular flexibility index (Phi) is 10.9. The number of cyclic esters (lactones) is 1. The Bertz CT molecular complexity index is 2160. The second-order valence-corrected chi connectivity index (χ2v) is 17.6. The minimum atomic E-state index is -4.24. The number of carbonyl (C=O) groups excluding carboxylic acids is 2. The zero-order valence-electron chi connectivity index (χ0n) is 33.0. The topological polar surface area (TPSA) is 131 Å². The molecule has 0 aliphatic carbocycles. The van der Waals surface area contributed by atoms with Crippen molar-refractivity contribution >= 4 is 39.8 Å². The van der Waals surface area contributed by atoms with Crippen LogP contribution in [0.15, 0.2) is 29.8 Å². The van der Waals surface area contributed by atoms with Crippen LogP contribution in [0.5, 0.6) is 0 Å². The number of nitrogens with two attached hydrogens (primary N) is 1. The van der Waals surface area contributed by atoms with Crippen LogP contribution in [-0.2, 0) is 44.9 Å². The number of pyridine rings is 1. The fraction of sp³-hybridized carbons (Fsp3) is 0.561. The number of hydrogen-bond acceptors (Lipinski definition) is 11. The molecule has 0 radical (unpaired) electrons. The lowest BCUT2D eigenvalue weighted by molar-refractivity contribution is -0.155. The fourth-order valence-electron chi connectivity index (χ4n) is 8.83. The summed E-state index contributed by atoms with van der Waals surface area (Å²) in [5.74, 6) is -0.687. The van der Waals surface area contributed by atoms with E-state index in [2.05, 4.69) is 46.9 Å². The normalized spacial score (nSPS) is 22.7. The van der Waals surface area contributed by atoms with Gasteiger partial charge in [-0.15, -0.1) is 11.3 Å². The van der Waals surface area contributed by atoms with Gasteiger partial charge >= 0.3 is 12.1 Å². The number of anilines is 1. The molecule has 7 heterocycles. The van der Waals surface area contributed by atoms with E-state index in [1.54, 1.807) is 7.11 Å². The highest BCUT2D eigenvalue weighted by Gasteiger charge is 2.36. The van der Waals surface area contributed by atoms with E-state index >= 15 is 0 Å². The first-order chi connectivity index (χ1) is 27.2. The average Bonchev–Trinajstić information content (AvgIpc) is 3.78. The van der Waals surface area contributed by atoms with Gasteiger partial charge < -0.3 is 24.7 Å². The van der Waals surface area contributed by atoms with E-state index in [-0.39, 0.29) is 25.0 Å². The summed E-state index contributed by atoms with van der Waals surface area (Å²) < 4.78 is 54.1. The Morgan fingerprint density at radius 2 is 1.89 bits per heavy atom. The second-order valence-electron chi connectivity index (χ2n) is 16.7. The molecule has 1 amide bonds. The van der Waals surface area contributed by atoms with E-state index in [1.165, 1.54) is 26.8 Å². The number of ether oxygens (including phenoxy) is 2. The van der Waals surface area contributed by atoms with Crippen LogP contribution in [-0.4, -0.2) is 108 Å². The van der Waals surface area contributed by atoms with E-state index in [9.17, 15) is 22.8 Å². The zero-order chi connectivity index (χ0) is 40.2. The maximum Gasteiger partial charge on any atom is 0.401 e. The predicted octanol–water partition coefficient (Wildman–Crippen LogP) is 5.66. The quantitative estimate of drug-likeness (QED) is 0.244. The van der Waals surface area contributed by atoms with Crippen molar-refractivity contribution in [1.29, 1.82) is 0 Å². The number of methoxy groups -OCH3 is 1. The van der Waals surface area contributed by atoms with Crippen molar-refractivity contribution in [1.82, 2.24) is 29.9 Å². The van der Waals surface area contributed by atoms with Gasteiger partial charge in [0.2, 0.25) is 0 Å². The minimum Gasteiger partial charge on any atom is -0.464 e. The molecule has 3 atom stereocenters. The number of carbonyl (C=O) groups is 2. The first-order valence-corrected chi connectivity index (χ1v) is 20.8. The van der Waals surface area contributed by atoms with Crippen molar-refractivity contribution in [3.8, 4) is 22.5 Å². The number of hydrazine groups is 1. The van der Waals surface area contributed by atoms with Gasteiger partial charge in [-0.05, 0) is 68.4 Å². The van der Waals surface area contributed by atoms with Gasteiger partial charge in [0.1, 0.15) is 6.04 Å². The Balaban J connectivity index is 1.27. The van der Waals surface area contributed by atoms with Crippen LogP contribution in [0.3, 0.4) is 0 Å². The average molecular weight is 809 g/mol. The molecule has 2 fully saturated rings. The number of nitrogens with one attached hydrogen (secondary N) is 1. The van der Waals surface area contributed by atoms with Crippen LogP contribution in [0.2, 0.25) is 0 Å². The predicted molar refractivity (Wildman–Crippen MR) is 213 cm³/mol. The van der Waals surface area contributed by atoms with Crippen molar-refractivity contribution < 1.29 is 32.2 Å². The summed E-state index contributed by atoms with van der Waals surface area (Å²) in [7, 11) is 1.66. The number of fused-ring (bicyclic) bond motifs is 6.